The molecule has 4 aromatic rings. The van der Waals surface area contributed by atoms with Crippen LogP contribution in [0.2, 0.25) is 0 Å². The molecule has 0 aliphatic heterocycles. The van der Waals surface area contributed by atoms with Crippen LogP contribution >= 0.6 is 0 Å². The molecule has 2 N–H and O–H groups in total. The standard InChI is InChI=1S/C22H22FN5O6S/c1-13-7-10-19(34-13)21-25-26-22(28(21)20-17(32-2)5-4-6-18(20)33-3)27-35(30,31)12-16(29)15-9-8-14(23)11-24-15/h4-11,16,29H,12H2,1-3H3,(H,26,27). The van der Waals surface area contributed by atoms with E-state index in [1.54, 1.807) is 37.3 Å². The van der Waals surface area contributed by atoms with Crippen molar-refractivity contribution < 1.29 is 31.8 Å². The van der Waals surface area contributed by atoms with Crippen LogP contribution in [-0.2, 0) is 10.0 Å². The number of hydrogen-bond donors (Lipinski definition) is 2. The summed E-state index contributed by atoms with van der Waals surface area (Å²) < 4.78 is 59.4. The van der Waals surface area contributed by atoms with Gasteiger partial charge in [0.1, 0.15) is 40.6 Å². The van der Waals surface area contributed by atoms with Gasteiger partial charge in [-0.05, 0) is 43.3 Å². The normalized spacial score (nSPS) is 12.4. The second-order valence-electron chi connectivity index (χ2n) is 7.40. The summed E-state index contributed by atoms with van der Waals surface area (Å²) in [6, 6.07) is 10.7. The first-order chi connectivity index (χ1) is 16.7. The number of para-hydroxylation sites is 1. The Bertz CT molecular complexity index is 1410. The molecule has 0 radical (unpaired) electrons. The fourth-order valence-corrected chi connectivity index (χ4v) is 4.47. The number of rotatable bonds is 9. The number of nitrogens with one attached hydrogen (secondary N) is 1. The number of aliphatic hydroxyl groups is 1. The summed E-state index contributed by atoms with van der Waals surface area (Å²) in [6.45, 7) is 1.75. The lowest BCUT2D eigenvalue weighted by atomic mass is 10.2. The lowest BCUT2D eigenvalue weighted by molar-refractivity contribution is 0.196. The van der Waals surface area contributed by atoms with Gasteiger partial charge in [0, 0.05) is 0 Å². The van der Waals surface area contributed by atoms with Crippen LogP contribution in [0.1, 0.15) is 17.6 Å². The van der Waals surface area contributed by atoms with Crippen LogP contribution in [0.4, 0.5) is 10.3 Å². The molecular weight excluding hydrogens is 481 g/mol. The lowest BCUT2D eigenvalue weighted by Crippen LogP contribution is -2.24. The number of anilines is 1. The fraction of sp³-hybridized carbons (Fsp3) is 0.227. The van der Waals surface area contributed by atoms with Crippen LogP contribution < -0.4 is 14.2 Å². The number of methoxy groups -OCH3 is 2. The van der Waals surface area contributed by atoms with Crippen LogP contribution in [0.3, 0.4) is 0 Å². The van der Waals surface area contributed by atoms with E-state index in [4.69, 9.17) is 13.9 Å². The number of ether oxygens (including phenoxy) is 2. The summed E-state index contributed by atoms with van der Waals surface area (Å²) in [5, 5.41) is 18.5. The van der Waals surface area contributed by atoms with E-state index in [0.29, 0.717) is 28.7 Å². The molecule has 0 aliphatic rings. The fourth-order valence-electron chi connectivity index (χ4n) is 3.39. The molecule has 1 aromatic carbocycles. The number of sulfonamides is 1. The van der Waals surface area contributed by atoms with Crippen LogP contribution in [0.25, 0.3) is 17.3 Å². The molecular formula is C22H22FN5O6S. The molecule has 0 spiro atoms. The highest BCUT2D eigenvalue weighted by Crippen LogP contribution is 2.38. The van der Waals surface area contributed by atoms with Gasteiger partial charge in [-0.3, -0.25) is 14.3 Å². The van der Waals surface area contributed by atoms with Crippen LogP contribution in [0.5, 0.6) is 11.5 Å². The number of nitrogens with zero attached hydrogens (tertiary/aromatic N) is 4. The summed E-state index contributed by atoms with van der Waals surface area (Å²) in [5.41, 5.74) is 0.321. The van der Waals surface area contributed by atoms with Gasteiger partial charge >= 0.3 is 0 Å². The number of aryl methyl sites for hydroxylation is 1. The minimum Gasteiger partial charge on any atom is -0.494 e. The Hall–Kier alpha value is -3.97. The maximum Gasteiger partial charge on any atom is 0.243 e. The van der Waals surface area contributed by atoms with Crippen molar-refractivity contribution in [3.8, 4) is 28.8 Å². The minimum absolute atomic E-state index is 0.00334. The highest BCUT2D eigenvalue weighted by Gasteiger charge is 2.28. The second-order valence-corrected chi connectivity index (χ2v) is 9.17. The van der Waals surface area contributed by atoms with Gasteiger partial charge in [0.2, 0.25) is 21.8 Å². The molecule has 13 heteroatoms. The molecule has 3 heterocycles. The summed E-state index contributed by atoms with van der Waals surface area (Å²) in [7, 11) is -1.29. The first-order valence-corrected chi connectivity index (χ1v) is 11.9. The van der Waals surface area contributed by atoms with E-state index >= 15 is 0 Å². The number of aliphatic hydroxyl groups excluding tert-OH is 1. The van der Waals surface area contributed by atoms with Gasteiger partial charge in [-0.2, -0.15) is 0 Å². The summed E-state index contributed by atoms with van der Waals surface area (Å²) >= 11 is 0. The number of pyridine rings is 1. The van der Waals surface area contributed by atoms with Crippen molar-refractivity contribution in [2.45, 2.75) is 13.0 Å². The monoisotopic (exact) mass is 503 g/mol. The molecule has 184 valence electrons. The quantitative estimate of drug-likeness (QED) is 0.353. The molecule has 0 amide bonds. The SMILES string of the molecule is COc1cccc(OC)c1-n1c(NS(=O)(=O)CC(O)c2ccc(F)cn2)nnc1-c1ccc(C)o1. The maximum atomic E-state index is 13.1. The molecule has 4 rings (SSSR count). The van der Waals surface area contributed by atoms with E-state index in [0.717, 1.165) is 12.3 Å². The van der Waals surface area contributed by atoms with Crippen LogP contribution in [-0.4, -0.2) is 53.2 Å². The van der Waals surface area contributed by atoms with Crippen LogP contribution in [0, 0.1) is 12.7 Å². The third-order valence-corrected chi connectivity index (χ3v) is 6.21. The van der Waals surface area contributed by atoms with Crippen molar-refractivity contribution in [1.29, 1.82) is 0 Å². The van der Waals surface area contributed by atoms with Gasteiger partial charge in [-0.25, -0.2) is 12.8 Å². The summed E-state index contributed by atoms with van der Waals surface area (Å²) in [5.74, 6) is 0.241. The molecule has 1 unspecified atom stereocenters. The number of halogens is 1. The van der Waals surface area contributed by atoms with Gasteiger partial charge in [-0.1, -0.05) is 6.07 Å². The van der Waals surface area contributed by atoms with E-state index in [1.165, 1.54) is 24.9 Å². The largest absolute Gasteiger partial charge is 0.494 e. The molecule has 3 aromatic heterocycles. The molecule has 1 atom stereocenters. The first kappa shape index (κ1) is 24.2. The summed E-state index contributed by atoms with van der Waals surface area (Å²) in [6.07, 6.45) is -0.627. The minimum atomic E-state index is -4.19. The molecule has 0 bridgehead atoms. The highest BCUT2D eigenvalue weighted by atomic mass is 32.2. The van der Waals surface area contributed by atoms with Crippen LogP contribution in [0.15, 0.2) is 53.1 Å². The van der Waals surface area contributed by atoms with Crippen molar-refractivity contribution >= 4 is 16.0 Å². The average Bonchev–Trinajstić information content (AvgIpc) is 3.43. The average molecular weight is 504 g/mol. The third-order valence-electron chi connectivity index (χ3n) is 4.96. The zero-order valence-electron chi connectivity index (χ0n) is 19.0. The number of benzene rings is 1. The molecule has 0 fully saturated rings. The number of furan rings is 1. The van der Waals surface area contributed by atoms with E-state index in [9.17, 15) is 17.9 Å². The van der Waals surface area contributed by atoms with Crippen molar-refractivity contribution in [3.63, 3.8) is 0 Å². The Balaban J connectivity index is 1.77. The second kappa shape index (κ2) is 9.72. The molecule has 0 aliphatic carbocycles. The number of aromatic nitrogens is 4. The van der Waals surface area contributed by atoms with Crippen molar-refractivity contribution in [2.24, 2.45) is 0 Å². The molecule has 35 heavy (non-hydrogen) atoms. The Labute approximate surface area is 200 Å². The zero-order chi connectivity index (χ0) is 25.2. The molecule has 0 saturated carbocycles. The highest BCUT2D eigenvalue weighted by molar-refractivity contribution is 7.92. The zero-order valence-corrected chi connectivity index (χ0v) is 19.8. The van der Waals surface area contributed by atoms with E-state index in [2.05, 4.69) is 19.9 Å². The topological polar surface area (TPSA) is 142 Å². The Kier molecular flexibility index (Phi) is 6.71. The van der Waals surface area contributed by atoms with Crippen molar-refractivity contribution in [2.75, 3.05) is 24.7 Å². The Morgan fingerprint density at radius 2 is 1.83 bits per heavy atom. The summed E-state index contributed by atoms with van der Waals surface area (Å²) in [4.78, 5) is 3.73. The van der Waals surface area contributed by atoms with Gasteiger partial charge in [0.25, 0.3) is 0 Å². The van der Waals surface area contributed by atoms with Crippen molar-refractivity contribution in [3.05, 3.63) is 65.9 Å². The predicted octanol–water partition coefficient (Wildman–Crippen LogP) is 2.86. The lowest BCUT2D eigenvalue weighted by Gasteiger charge is -2.17. The Morgan fingerprint density at radius 3 is 2.40 bits per heavy atom. The third kappa shape index (κ3) is 5.10. The van der Waals surface area contributed by atoms with Gasteiger partial charge in [0.15, 0.2) is 5.76 Å². The predicted molar refractivity (Wildman–Crippen MR) is 123 cm³/mol. The first-order valence-electron chi connectivity index (χ1n) is 10.3. The van der Waals surface area contributed by atoms with Gasteiger partial charge in [-0.15, -0.1) is 10.2 Å². The molecule has 0 saturated heterocycles. The smallest absolute Gasteiger partial charge is 0.243 e. The van der Waals surface area contributed by atoms with Gasteiger partial charge < -0.3 is 19.0 Å². The van der Waals surface area contributed by atoms with E-state index in [1.807, 2.05) is 0 Å². The van der Waals surface area contributed by atoms with Crippen molar-refractivity contribution in [1.82, 2.24) is 19.7 Å². The van der Waals surface area contributed by atoms with E-state index < -0.39 is 27.7 Å². The maximum absolute atomic E-state index is 13.1. The Morgan fingerprint density at radius 1 is 1.11 bits per heavy atom. The van der Waals surface area contributed by atoms with Gasteiger partial charge in [0.05, 0.1) is 26.1 Å². The van der Waals surface area contributed by atoms with E-state index in [-0.39, 0.29) is 17.5 Å². The molecule has 11 nitrogen and oxygen atoms in total. The number of hydrogen-bond acceptors (Lipinski definition) is 9.